The van der Waals surface area contributed by atoms with Crippen LogP contribution in [0, 0.1) is 27.7 Å². The first-order valence-corrected chi connectivity index (χ1v) is 10.7. The zero-order chi connectivity index (χ0) is 22.4. The number of nitrogens with zero attached hydrogens (tertiary/aromatic N) is 3. The average molecular weight is 418 g/mol. The zero-order valence-electron chi connectivity index (χ0n) is 19.0. The van der Waals surface area contributed by atoms with Gasteiger partial charge in [0.25, 0.3) is 5.91 Å². The molecule has 162 valence electrons. The van der Waals surface area contributed by atoms with Gasteiger partial charge >= 0.3 is 0 Å². The summed E-state index contributed by atoms with van der Waals surface area (Å²) in [4.78, 5) is 17.6. The molecule has 0 saturated carbocycles. The van der Waals surface area contributed by atoms with Gasteiger partial charge in [-0.25, -0.2) is 4.99 Å². The van der Waals surface area contributed by atoms with Gasteiger partial charge in [0.15, 0.2) is 0 Å². The third-order valence-corrected chi connectivity index (χ3v) is 5.19. The molecule has 0 radical (unpaired) electrons. The minimum atomic E-state index is -0.194. The van der Waals surface area contributed by atoms with E-state index in [0.717, 1.165) is 46.6 Å². The molecule has 1 aromatic heterocycles. The molecule has 2 N–H and O–H groups in total. The summed E-state index contributed by atoms with van der Waals surface area (Å²) < 4.78 is 1.95. The van der Waals surface area contributed by atoms with Crippen LogP contribution in [0.3, 0.4) is 0 Å². The van der Waals surface area contributed by atoms with Gasteiger partial charge in [0.1, 0.15) is 0 Å². The second-order valence-electron chi connectivity index (χ2n) is 7.92. The molecule has 0 spiro atoms. The van der Waals surface area contributed by atoms with Crippen molar-refractivity contribution in [2.24, 2.45) is 4.99 Å². The Balaban J connectivity index is 1.83. The lowest BCUT2D eigenvalue weighted by Gasteiger charge is -2.13. The molecule has 0 unspecified atom stereocenters. The van der Waals surface area contributed by atoms with Crippen molar-refractivity contribution in [2.75, 3.05) is 5.32 Å². The third kappa shape index (κ3) is 6.04. The fourth-order valence-corrected chi connectivity index (χ4v) is 3.25. The Morgan fingerprint density at radius 1 is 1.06 bits per heavy atom. The highest BCUT2D eigenvalue weighted by Crippen LogP contribution is 2.13. The molecule has 0 atom stereocenters. The number of rotatable bonds is 6. The monoisotopic (exact) mass is 417 g/mol. The summed E-state index contributed by atoms with van der Waals surface area (Å²) >= 11 is 0. The van der Waals surface area contributed by atoms with Crippen LogP contribution in [0.2, 0.25) is 0 Å². The van der Waals surface area contributed by atoms with E-state index < -0.39 is 0 Å². The van der Waals surface area contributed by atoms with E-state index in [0.29, 0.717) is 18.1 Å². The number of amides is 1. The van der Waals surface area contributed by atoms with Gasteiger partial charge in [0.05, 0.1) is 12.2 Å². The summed E-state index contributed by atoms with van der Waals surface area (Å²) in [7, 11) is 0. The van der Waals surface area contributed by atoms with Crippen LogP contribution >= 0.6 is 0 Å². The first kappa shape index (κ1) is 22.3. The molecule has 1 heterocycles. The summed E-state index contributed by atoms with van der Waals surface area (Å²) in [6, 6.07) is 13.7. The molecule has 0 saturated heterocycles. The van der Waals surface area contributed by atoms with Crippen molar-refractivity contribution in [3.8, 4) is 0 Å². The fourth-order valence-electron chi connectivity index (χ4n) is 3.25. The van der Waals surface area contributed by atoms with Gasteiger partial charge in [0, 0.05) is 29.6 Å². The number of hydrogen-bond acceptors (Lipinski definition) is 3. The molecule has 0 fully saturated rings. The van der Waals surface area contributed by atoms with E-state index in [9.17, 15) is 4.79 Å². The summed E-state index contributed by atoms with van der Waals surface area (Å²) in [6.07, 6.45) is 3.05. The maximum Gasteiger partial charge on any atom is 0.257 e. The quantitative estimate of drug-likeness (QED) is 0.441. The topological polar surface area (TPSA) is 71.3 Å². The van der Waals surface area contributed by atoms with Crippen LogP contribution in [0.25, 0.3) is 0 Å². The van der Waals surface area contributed by atoms with Crippen LogP contribution in [0.1, 0.15) is 51.7 Å². The lowest BCUT2D eigenvalue weighted by Crippen LogP contribution is -2.36. The molecular weight excluding hydrogens is 386 g/mol. The molecule has 6 nitrogen and oxygen atoms in total. The number of guanidine groups is 1. The van der Waals surface area contributed by atoms with Crippen molar-refractivity contribution >= 4 is 17.6 Å². The highest BCUT2D eigenvalue weighted by Gasteiger charge is 2.12. The number of carbonyl (C=O) groups excluding carboxylic acids is 1. The number of hydrogen-bond donors (Lipinski definition) is 2. The van der Waals surface area contributed by atoms with E-state index in [4.69, 9.17) is 0 Å². The molecule has 6 heteroatoms. The molecule has 2 aromatic carbocycles. The van der Waals surface area contributed by atoms with Gasteiger partial charge in [-0.2, -0.15) is 5.10 Å². The van der Waals surface area contributed by atoms with Crippen LogP contribution in [-0.4, -0.2) is 21.6 Å². The molecular formula is C25H31N5O. The molecule has 0 aliphatic rings. The Morgan fingerprint density at radius 2 is 1.87 bits per heavy atom. The first-order chi connectivity index (χ1) is 14.9. The predicted octanol–water partition coefficient (Wildman–Crippen LogP) is 4.92. The van der Waals surface area contributed by atoms with Crippen molar-refractivity contribution in [3.05, 3.63) is 82.2 Å². The Hall–Kier alpha value is -3.41. The van der Waals surface area contributed by atoms with Gasteiger partial charge in [-0.1, -0.05) is 25.1 Å². The molecule has 3 aromatic rings. The Morgan fingerprint density at radius 3 is 2.58 bits per heavy atom. The van der Waals surface area contributed by atoms with E-state index in [1.807, 2.05) is 81.0 Å². The summed E-state index contributed by atoms with van der Waals surface area (Å²) in [6.45, 7) is 11.5. The van der Waals surface area contributed by atoms with E-state index in [-0.39, 0.29) is 5.91 Å². The highest BCUT2D eigenvalue weighted by molar-refractivity contribution is 6.10. The standard InChI is InChI=1S/C25H31N5O/c1-6-12-30-16-22(20(5)29-30)15-26-25(27-23-9-7-8-17(2)13-23)28-24(31)21-11-10-18(3)19(4)14-21/h7-11,13-14,16H,6,12,15H2,1-5H3,(H2,26,27,28,31). The summed E-state index contributed by atoms with van der Waals surface area (Å²) in [5, 5.41) is 10.7. The van der Waals surface area contributed by atoms with Gasteiger partial charge in [-0.3, -0.25) is 14.8 Å². The van der Waals surface area contributed by atoms with Gasteiger partial charge in [-0.15, -0.1) is 0 Å². The van der Waals surface area contributed by atoms with E-state index in [1.54, 1.807) is 0 Å². The van der Waals surface area contributed by atoms with Crippen molar-refractivity contribution in [2.45, 2.75) is 54.1 Å². The number of anilines is 1. The fraction of sp³-hybridized carbons (Fsp3) is 0.320. The predicted molar refractivity (Wildman–Crippen MR) is 127 cm³/mol. The number of nitrogens with one attached hydrogen (secondary N) is 2. The number of aryl methyl sites for hydroxylation is 5. The lowest BCUT2D eigenvalue weighted by atomic mass is 10.1. The minimum Gasteiger partial charge on any atom is -0.326 e. The minimum absolute atomic E-state index is 0.194. The molecule has 0 bridgehead atoms. The Kier molecular flexibility index (Phi) is 7.23. The first-order valence-electron chi connectivity index (χ1n) is 10.7. The van der Waals surface area contributed by atoms with Crippen molar-refractivity contribution in [1.29, 1.82) is 0 Å². The maximum absolute atomic E-state index is 12.9. The summed E-state index contributed by atoms with van der Waals surface area (Å²) in [5.41, 5.74) is 6.83. The second kappa shape index (κ2) is 10.1. The van der Waals surface area contributed by atoms with E-state index in [1.165, 1.54) is 0 Å². The largest absolute Gasteiger partial charge is 0.326 e. The van der Waals surface area contributed by atoms with Gasteiger partial charge in [0.2, 0.25) is 5.96 Å². The van der Waals surface area contributed by atoms with Crippen molar-refractivity contribution in [3.63, 3.8) is 0 Å². The number of aromatic nitrogens is 2. The van der Waals surface area contributed by atoms with Crippen LogP contribution in [0.15, 0.2) is 53.7 Å². The average Bonchev–Trinajstić information content (AvgIpc) is 3.07. The maximum atomic E-state index is 12.9. The van der Waals surface area contributed by atoms with E-state index >= 15 is 0 Å². The number of benzene rings is 2. The van der Waals surface area contributed by atoms with Crippen LogP contribution in [0.5, 0.6) is 0 Å². The van der Waals surface area contributed by atoms with Crippen LogP contribution in [-0.2, 0) is 13.1 Å². The molecule has 1 amide bonds. The third-order valence-electron chi connectivity index (χ3n) is 5.19. The zero-order valence-corrected chi connectivity index (χ0v) is 19.0. The smallest absolute Gasteiger partial charge is 0.257 e. The van der Waals surface area contributed by atoms with Crippen LogP contribution in [0.4, 0.5) is 5.69 Å². The SMILES string of the molecule is CCCn1cc(CN=C(NC(=O)c2ccc(C)c(C)c2)Nc2cccc(C)c2)c(C)n1. The molecule has 0 aliphatic carbocycles. The van der Waals surface area contributed by atoms with Gasteiger partial charge in [-0.05, 0) is 75.1 Å². The van der Waals surface area contributed by atoms with Crippen LogP contribution < -0.4 is 10.6 Å². The van der Waals surface area contributed by atoms with Crippen molar-refractivity contribution in [1.82, 2.24) is 15.1 Å². The molecule has 3 rings (SSSR count). The highest BCUT2D eigenvalue weighted by atomic mass is 16.1. The normalized spacial score (nSPS) is 11.5. The molecule has 0 aliphatic heterocycles. The lowest BCUT2D eigenvalue weighted by molar-refractivity contribution is 0.0977. The number of carbonyl (C=O) groups is 1. The number of aliphatic imine (C=N–C) groups is 1. The summed E-state index contributed by atoms with van der Waals surface area (Å²) in [5.74, 6) is 0.219. The van der Waals surface area contributed by atoms with E-state index in [2.05, 4.69) is 27.6 Å². The Bertz CT molecular complexity index is 1100. The second-order valence-corrected chi connectivity index (χ2v) is 7.92. The molecule has 31 heavy (non-hydrogen) atoms. The van der Waals surface area contributed by atoms with Gasteiger partial charge < -0.3 is 5.32 Å². The van der Waals surface area contributed by atoms with Crippen molar-refractivity contribution < 1.29 is 4.79 Å². The Labute approximate surface area is 184 Å².